The van der Waals surface area contributed by atoms with Crippen molar-refractivity contribution in [2.24, 2.45) is 5.92 Å². The van der Waals surface area contributed by atoms with Gasteiger partial charge in [-0.3, -0.25) is 9.69 Å². The topological polar surface area (TPSA) is 86.8 Å². The standard InChI is InChI=1S/C28H27N5O3S/c1-17-14-20(36-19-6-4-3-5-7-19)8-9-21(17)33-22-10-12-29-27-23(22)24(31-28(33)35)25(37-27)26(34)30-15-18-11-13-32(2)16-18/h3-10,12,14,18H,11,13,15-16H2,1-2H3,(H,30,34)(H,31,35)/t18-/m1/s1. The van der Waals surface area contributed by atoms with Crippen molar-refractivity contribution in [3.63, 3.8) is 0 Å². The van der Waals surface area contributed by atoms with Gasteiger partial charge in [-0.25, -0.2) is 9.78 Å². The predicted octanol–water partition coefficient (Wildman–Crippen LogP) is 5.76. The molecule has 2 aliphatic rings. The number of hydrogen-bond donors (Lipinski definition) is 2. The highest BCUT2D eigenvalue weighted by Crippen LogP contribution is 2.46. The highest BCUT2D eigenvalue weighted by Gasteiger charge is 2.33. The molecule has 9 heteroatoms. The number of rotatable bonds is 6. The first-order valence-corrected chi connectivity index (χ1v) is 13.1. The number of thiophene rings is 1. The van der Waals surface area contributed by atoms with Crippen molar-refractivity contribution >= 4 is 50.6 Å². The monoisotopic (exact) mass is 513 g/mol. The van der Waals surface area contributed by atoms with Crippen LogP contribution in [0, 0.1) is 12.8 Å². The summed E-state index contributed by atoms with van der Waals surface area (Å²) < 4.78 is 5.96. The number of pyridine rings is 1. The minimum absolute atomic E-state index is 0.175. The van der Waals surface area contributed by atoms with E-state index in [0.717, 1.165) is 41.9 Å². The largest absolute Gasteiger partial charge is 0.457 e. The van der Waals surface area contributed by atoms with Gasteiger partial charge in [0.05, 0.1) is 22.4 Å². The molecule has 0 aliphatic carbocycles. The molecule has 3 amide bonds. The highest BCUT2D eigenvalue weighted by atomic mass is 32.1. The molecule has 2 aromatic carbocycles. The predicted molar refractivity (Wildman–Crippen MR) is 146 cm³/mol. The maximum Gasteiger partial charge on any atom is 0.331 e. The number of likely N-dealkylation sites (tertiary alicyclic amines) is 1. The van der Waals surface area contributed by atoms with Crippen LogP contribution in [0.25, 0.3) is 10.2 Å². The maximum absolute atomic E-state index is 13.4. The van der Waals surface area contributed by atoms with Gasteiger partial charge in [-0.1, -0.05) is 18.2 Å². The van der Waals surface area contributed by atoms with Crippen LogP contribution in [0.15, 0.2) is 60.8 Å². The number of hydrogen-bond acceptors (Lipinski definition) is 6. The summed E-state index contributed by atoms with van der Waals surface area (Å²) in [7, 11) is 2.10. The second-order valence-electron chi connectivity index (χ2n) is 9.57. The summed E-state index contributed by atoms with van der Waals surface area (Å²) >= 11 is 1.31. The lowest BCUT2D eigenvalue weighted by Gasteiger charge is -2.29. The fourth-order valence-corrected chi connectivity index (χ4v) is 6.10. The van der Waals surface area contributed by atoms with Crippen LogP contribution in [0.3, 0.4) is 0 Å². The van der Waals surface area contributed by atoms with Gasteiger partial charge in [0.1, 0.15) is 21.2 Å². The molecule has 37 heavy (non-hydrogen) atoms. The number of ether oxygens (including phenoxy) is 1. The number of nitrogens with zero attached hydrogens (tertiary/aromatic N) is 3. The quantitative estimate of drug-likeness (QED) is 0.342. The first kappa shape index (κ1) is 23.4. The number of carbonyl (C=O) groups is 2. The molecular weight excluding hydrogens is 486 g/mol. The number of aromatic nitrogens is 1. The second kappa shape index (κ2) is 9.49. The molecule has 0 bridgehead atoms. The maximum atomic E-state index is 13.4. The first-order chi connectivity index (χ1) is 18.0. The number of benzene rings is 2. The summed E-state index contributed by atoms with van der Waals surface area (Å²) in [5, 5.41) is 6.83. The molecule has 0 radical (unpaired) electrons. The molecular formula is C28H27N5O3S. The van der Waals surface area contributed by atoms with E-state index in [4.69, 9.17) is 4.74 Å². The summed E-state index contributed by atoms with van der Waals surface area (Å²) in [6.07, 6.45) is 2.75. The molecule has 8 nitrogen and oxygen atoms in total. The van der Waals surface area contributed by atoms with Crippen molar-refractivity contribution in [1.82, 2.24) is 15.2 Å². The van der Waals surface area contributed by atoms with Gasteiger partial charge in [0.15, 0.2) is 0 Å². The normalized spacial score (nSPS) is 17.2. The molecule has 1 saturated heterocycles. The first-order valence-electron chi connectivity index (χ1n) is 12.3. The summed E-state index contributed by atoms with van der Waals surface area (Å²) in [6, 6.07) is 16.7. The minimum atomic E-state index is -0.315. The van der Waals surface area contributed by atoms with Crippen molar-refractivity contribution in [3.05, 3.63) is 71.2 Å². The Hall–Kier alpha value is -3.95. The van der Waals surface area contributed by atoms with E-state index >= 15 is 0 Å². The summed E-state index contributed by atoms with van der Waals surface area (Å²) in [4.78, 5) is 36.2. The number of amides is 3. The lowest BCUT2D eigenvalue weighted by Crippen LogP contribution is -2.35. The summed E-state index contributed by atoms with van der Waals surface area (Å²) in [5.74, 6) is 1.70. The Morgan fingerprint density at radius 1 is 1.16 bits per heavy atom. The Kier molecular flexibility index (Phi) is 6.02. The molecule has 0 saturated carbocycles. The fraction of sp³-hybridized carbons (Fsp3) is 0.250. The molecule has 4 heterocycles. The number of nitrogens with one attached hydrogen (secondary N) is 2. The van der Waals surface area contributed by atoms with E-state index in [2.05, 4.69) is 27.6 Å². The molecule has 2 aliphatic heterocycles. The molecule has 2 N–H and O–H groups in total. The lowest BCUT2D eigenvalue weighted by atomic mass is 10.1. The van der Waals surface area contributed by atoms with E-state index in [9.17, 15) is 9.59 Å². The zero-order chi connectivity index (χ0) is 25.5. The Bertz CT molecular complexity index is 1500. The van der Waals surface area contributed by atoms with Gasteiger partial charge >= 0.3 is 6.03 Å². The Labute approximate surface area is 218 Å². The third kappa shape index (κ3) is 4.41. The van der Waals surface area contributed by atoms with Gasteiger partial charge in [0.2, 0.25) is 0 Å². The number of para-hydroxylation sites is 1. The van der Waals surface area contributed by atoms with Gasteiger partial charge in [-0.2, -0.15) is 0 Å². The number of urea groups is 1. The molecule has 0 unspecified atom stereocenters. The SMILES string of the molecule is Cc1cc(Oc2ccccc2)ccc1N1C(=O)Nc2c(C(=O)NC[C@H]3CCN(C)C3)sc3nccc1c23. The average molecular weight is 514 g/mol. The van der Waals surface area contributed by atoms with Crippen LogP contribution in [0.1, 0.15) is 21.7 Å². The van der Waals surface area contributed by atoms with Crippen molar-refractivity contribution in [1.29, 1.82) is 0 Å². The molecule has 0 spiro atoms. The lowest BCUT2D eigenvalue weighted by molar-refractivity contribution is 0.0952. The van der Waals surface area contributed by atoms with Crippen LogP contribution in [-0.4, -0.2) is 48.5 Å². The highest BCUT2D eigenvalue weighted by molar-refractivity contribution is 7.21. The van der Waals surface area contributed by atoms with Crippen molar-refractivity contribution in [2.45, 2.75) is 13.3 Å². The van der Waals surface area contributed by atoms with Gasteiger partial charge in [0, 0.05) is 19.3 Å². The second-order valence-corrected chi connectivity index (χ2v) is 10.6. The van der Waals surface area contributed by atoms with E-state index in [1.54, 1.807) is 11.1 Å². The van der Waals surface area contributed by atoms with Gasteiger partial charge in [-0.15, -0.1) is 11.3 Å². The molecule has 1 atom stereocenters. The Morgan fingerprint density at radius 2 is 2.00 bits per heavy atom. The van der Waals surface area contributed by atoms with E-state index in [0.29, 0.717) is 39.3 Å². The van der Waals surface area contributed by atoms with Crippen LogP contribution >= 0.6 is 11.3 Å². The van der Waals surface area contributed by atoms with Crippen LogP contribution in [-0.2, 0) is 0 Å². The van der Waals surface area contributed by atoms with Crippen LogP contribution in [0.4, 0.5) is 21.9 Å². The van der Waals surface area contributed by atoms with Gasteiger partial charge in [0.25, 0.3) is 5.91 Å². The van der Waals surface area contributed by atoms with Crippen molar-refractivity contribution in [2.75, 3.05) is 36.9 Å². The third-order valence-corrected chi connectivity index (χ3v) is 7.98. The Morgan fingerprint density at radius 3 is 2.76 bits per heavy atom. The molecule has 4 aromatic rings. The third-order valence-electron chi connectivity index (χ3n) is 6.88. The van der Waals surface area contributed by atoms with E-state index in [1.165, 1.54) is 11.3 Å². The fourth-order valence-electron chi connectivity index (χ4n) is 5.06. The number of aryl methyl sites for hydroxylation is 1. The van der Waals surface area contributed by atoms with Crippen LogP contribution in [0.5, 0.6) is 11.5 Å². The van der Waals surface area contributed by atoms with E-state index < -0.39 is 0 Å². The zero-order valence-electron chi connectivity index (χ0n) is 20.7. The molecule has 2 aromatic heterocycles. The van der Waals surface area contributed by atoms with E-state index in [-0.39, 0.29) is 11.9 Å². The molecule has 6 rings (SSSR count). The van der Waals surface area contributed by atoms with Gasteiger partial charge in [-0.05, 0) is 74.8 Å². The van der Waals surface area contributed by atoms with Crippen molar-refractivity contribution in [3.8, 4) is 11.5 Å². The van der Waals surface area contributed by atoms with Gasteiger partial charge < -0.3 is 20.3 Å². The molecule has 188 valence electrons. The Balaban J connectivity index is 1.30. The zero-order valence-corrected chi connectivity index (χ0v) is 21.5. The summed E-state index contributed by atoms with van der Waals surface area (Å²) in [6.45, 7) is 4.59. The number of carbonyl (C=O) groups excluding carboxylic acids is 2. The van der Waals surface area contributed by atoms with Crippen LogP contribution in [0.2, 0.25) is 0 Å². The smallest absolute Gasteiger partial charge is 0.331 e. The van der Waals surface area contributed by atoms with E-state index in [1.807, 2.05) is 61.5 Å². The number of anilines is 3. The molecule has 1 fully saturated rings. The van der Waals surface area contributed by atoms with Crippen LogP contribution < -0.4 is 20.3 Å². The van der Waals surface area contributed by atoms with Crippen molar-refractivity contribution < 1.29 is 14.3 Å². The summed E-state index contributed by atoms with van der Waals surface area (Å²) in [5.41, 5.74) is 2.86. The minimum Gasteiger partial charge on any atom is -0.457 e. The average Bonchev–Trinajstić information content (AvgIpc) is 3.48.